The number of halogens is 1. The van der Waals surface area contributed by atoms with Gasteiger partial charge in [0.25, 0.3) is 11.8 Å². The predicted molar refractivity (Wildman–Crippen MR) is 187 cm³/mol. The highest BCUT2D eigenvalue weighted by molar-refractivity contribution is 5.98. The molecule has 0 spiro atoms. The fourth-order valence-electron chi connectivity index (χ4n) is 6.62. The van der Waals surface area contributed by atoms with Crippen molar-refractivity contribution in [2.75, 3.05) is 20.7 Å². The van der Waals surface area contributed by atoms with Gasteiger partial charge < -0.3 is 30.4 Å². The zero-order valence-electron chi connectivity index (χ0n) is 28.2. The van der Waals surface area contributed by atoms with Crippen molar-refractivity contribution in [1.29, 1.82) is 0 Å². The second kappa shape index (κ2) is 16.1. The number of hydrogen-bond donors (Lipinski definition) is 4. The summed E-state index contributed by atoms with van der Waals surface area (Å²) in [6.45, 7) is 2.00. The SMILES string of the molecule is COc1cccc(C2(NC[C@@H](O)[C@H](Cc3ccccc3)NC(=O)c3cc(C(=O)N(C)[C@H](C)c4ccc(F)cc4)cc(=O)[nH]3)CCCCC2)c1. The first kappa shape index (κ1) is 35.5. The van der Waals surface area contributed by atoms with Crippen molar-refractivity contribution in [2.45, 2.75) is 69.2 Å². The van der Waals surface area contributed by atoms with Gasteiger partial charge in [-0.2, -0.15) is 0 Å². The van der Waals surface area contributed by atoms with Crippen molar-refractivity contribution in [2.24, 2.45) is 0 Å². The van der Waals surface area contributed by atoms with E-state index in [2.05, 4.69) is 21.7 Å². The van der Waals surface area contributed by atoms with Crippen LogP contribution in [0.5, 0.6) is 5.75 Å². The van der Waals surface area contributed by atoms with E-state index >= 15 is 0 Å². The highest BCUT2D eigenvalue weighted by Crippen LogP contribution is 2.38. The first-order valence-corrected chi connectivity index (χ1v) is 16.8. The third kappa shape index (κ3) is 8.82. The molecule has 4 aromatic rings. The number of benzene rings is 3. The van der Waals surface area contributed by atoms with Crippen LogP contribution in [-0.2, 0) is 12.0 Å². The van der Waals surface area contributed by atoms with E-state index < -0.39 is 35.6 Å². The molecular weight excluding hydrogens is 623 g/mol. The molecule has 1 heterocycles. The number of nitrogens with zero attached hydrogens (tertiary/aromatic N) is 1. The van der Waals surface area contributed by atoms with Crippen LogP contribution in [0.4, 0.5) is 4.39 Å². The number of nitrogens with one attached hydrogen (secondary N) is 3. The van der Waals surface area contributed by atoms with Crippen LogP contribution in [0.2, 0.25) is 0 Å². The zero-order chi connectivity index (χ0) is 35.0. The molecule has 1 saturated carbocycles. The standard InChI is InChI=1S/C39H45FN4O5/c1-26(28-15-17-31(40)18-16-28)44(2)38(48)29-22-34(42-36(46)23-29)37(47)43-33(21-27-11-6-4-7-12-27)35(45)25-41-39(19-8-5-9-20-39)30-13-10-14-32(24-30)49-3/h4,6-7,10-18,22-24,26,33,35,41,45H,5,8-9,19-21,25H2,1-3H3,(H,42,46)(H,43,47)/t26-,33+,35-/m1/s1. The second-order valence-electron chi connectivity index (χ2n) is 12.9. The van der Waals surface area contributed by atoms with E-state index in [1.54, 1.807) is 33.2 Å². The Morgan fingerprint density at radius 2 is 1.69 bits per heavy atom. The fraction of sp³-hybridized carbons (Fsp3) is 0.359. The van der Waals surface area contributed by atoms with E-state index in [0.717, 1.165) is 55.0 Å². The molecule has 1 aromatic heterocycles. The lowest BCUT2D eigenvalue weighted by molar-refractivity contribution is 0.0742. The molecular formula is C39H45FN4O5. The normalized spacial score (nSPS) is 15.9. The number of carbonyl (C=O) groups is 2. The van der Waals surface area contributed by atoms with E-state index in [4.69, 9.17) is 4.74 Å². The van der Waals surface area contributed by atoms with Crippen LogP contribution in [0.3, 0.4) is 0 Å². The zero-order valence-corrected chi connectivity index (χ0v) is 28.2. The van der Waals surface area contributed by atoms with E-state index in [-0.39, 0.29) is 29.2 Å². The van der Waals surface area contributed by atoms with Gasteiger partial charge >= 0.3 is 0 Å². The van der Waals surface area contributed by atoms with Crippen molar-refractivity contribution < 1.29 is 23.8 Å². The van der Waals surface area contributed by atoms with Crippen molar-refractivity contribution in [3.05, 3.63) is 135 Å². The molecule has 258 valence electrons. The summed E-state index contributed by atoms with van der Waals surface area (Å²) in [5, 5.41) is 18.3. The Morgan fingerprint density at radius 1 is 0.980 bits per heavy atom. The van der Waals surface area contributed by atoms with Crippen LogP contribution in [0.25, 0.3) is 0 Å². The fourth-order valence-corrected chi connectivity index (χ4v) is 6.62. The predicted octanol–water partition coefficient (Wildman–Crippen LogP) is 5.51. The molecule has 3 atom stereocenters. The summed E-state index contributed by atoms with van der Waals surface area (Å²) in [6, 6.07) is 24.7. The van der Waals surface area contributed by atoms with Crippen LogP contribution in [0.15, 0.2) is 95.8 Å². The van der Waals surface area contributed by atoms with E-state index in [9.17, 15) is 23.9 Å². The van der Waals surface area contributed by atoms with Gasteiger partial charge in [-0.3, -0.25) is 14.4 Å². The smallest absolute Gasteiger partial charge is 0.268 e. The molecule has 0 radical (unpaired) electrons. The molecule has 0 bridgehead atoms. The Hall–Kier alpha value is -4.80. The number of aliphatic hydroxyl groups excluding tert-OH is 1. The maximum absolute atomic E-state index is 13.7. The van der Waals surface area contributed by atoms with Crippen LogP contribution in [-0.4, -0.2) is 59.7 Å². The average Bonchev–Trinajstić information content (AvgIpc) is 3.13. The van der Waals surface area contributed by atoms with Crippen molar-refractivity contribution in [3.8, 4) is 5.75 Å². The van der Waals surface area contributed by atoms with Gasteiger partial charge in [-0.1, -0.05) is 73.9 Å². The van der Waals surface area contributed by atoms with Gasteiger partial charge in [-0.15, -0.1) is 0 Å². The lowest BCUT2D eigenvalue weighted by atomic mass is 9.76. The monoisotopic (exact) mass is 668 g/mol. The molecule has 0 aliphatic heterocycles. The number of amides is 2. The number of rotatable bonds is 13. The maximum Gasteiger partial charge on any atom is 0.268 e. The number of pyridine rings is 1. The van der Waals surface area contributed by atoms with Crippen molar-refractivity contribution >= 4 is 11.8 Å². The van der Waals surface area contributed by atoms with Crippen LogP contribution in [0, 0.1) is 5.82 Å². The number of hydrogen-bond acceptors (Lipinski definition) is 6. The Balaban J connectivity index is 1.35. The summed E-state index contributed by atoms with van der Waals surface area (Å²) in [4.78, 5) is 43.9. The molecule has 1 fully saturated rings. The third-order valence-electron chi connectivity index (χ3n) is 9.65. The van der Waals surface area contributed by atoms with Gasteiger partial charge in [-0.05, 0) is 73.2 Å². The minimum Gasteiger partial charge on any atom is -0.497 e. The quantitative estimate of drug-likeness (QED) is 0.149. The lowest BCUT2D eigenvalue weighted by Gasteiger charge is -2.40. The highest BCUT2D eigenvalue weighted by atomic mass is 19.1. The molecule has 1 aliphatic carbocycles. The topological polar surface area (TPSA) is 124 Å². The van der Waals surface area contributed by atoms with E-state index in [1.807, 2.05) is 48.5 Å². The number of aliphatic hydroxyl groups is 1. The summed E-state index contributed by atoms with van der Waals surface area (Å²) in [7, 11) is 3.23. The molecule has 4 N–H and O–H groups in total. The summed E-state index contributed by atoms with van der Waals surface area (Å²) >= 11 is 0. The summed E-state index contributed by atoms with van der Waals surface area (Å²) in [5.74, 6) is -0.713. The second-order valence-corrected chi connectivity index (χ2v) is 12.9. The lowest BCUT2D eigenvalue weighted by Crippen LogP contribution is -2.53. The molecule has 3 aromatic carbocycles. The molecule has 1 aliphatic rings. The first-order chi connectivity index (χ1) is 23.6. The maximum atomic E-state index is 13.7. The van der Waals surface area contributed by atoms with Gasteiger partial charge in [-0.25, -0.2) is 4.39 Å². The minimum atomic E-state index is -0.993. The summed E-state index contributed by atoms with van der Waals surface area (Å²) < 4.78 is 19.0. The molecule has 10 heteroatoms. The first-order valence-electron chi connectivity index (χ1n) is 16.8. The Bertz CT molecular complexity index is 1770. The Kier molecular flexibility index (Phi) is 11.6. The van der Waals surface area contributed by atoms with Gasteiger partial charge in [0.1, 0.15) is 17.3 Å². The molecule has 5 rings (SSSR count). The van der Waals surface area contributed by atoms with Crippen LogP contribution >= 0.6 is 0 Å². The summed E-state index contributed by atoms with van der Waals surface area (Å²) in [6.07, 6.45) is 4.38. The van der Waals surface area contributed by atoms with Gasteiger partial charge in [0, 0.05) is 30.8 Å². The number of H-pyrrole nitrogens is 1. The Morgan fingerprint density at radius 3 is 2.39 bits per heavy atom. The average molecular weight is 669 g/mol. The van der Waals surface area contributed by atoms with Crippen LogP contribution < -0.4 is 20.9 Å². The molecule has 9 nitrogen and oxygen atoms in total. The van der Waals surface area contributed by atoms with Gasteiger partial charge in [0.15, 0.2) is 0 Å². The van der Waals surface area contributed by atoms with E-state index in [0.29, 0.717) is 12.0 Å². The molecule has 2 amide bonds. The van der Waals surface area contributed by atoms with E-state index in [1.165, 1.54) is 23.1 Å². The Labute approximate surface area is 286 Å². The minimum absolute atomic E-state index is 0.0321. The molecule has 0 unspecified atom stereocenters. The van der Waals surface area contributed by atoms with Crippen molar-refractivity contribution in [3.63, 3.8) is 0 Å². The largest absolute Gasteiger partial charge is 0.497 e. The number of aromatic amines is 1. The highest BCUT2D eigenvalue weighted by Gasteiger charge is 2.35. The van der Waals surface area contributed by atoms with Gasteiger partial charge in [0.05, 0.1) is 25.3 Å². The number of aromatic nitrogens is 1. The molecule has 0 saturated heterocycles. The van der Waals surface area contributed by atoms with Crippen LogP contribution in [0.1, 0.15) is 82.6 Å². The summed E-state index contributed by atoms with van der Waals surface area (Å²) in [5.41, 5.74) is 1.69. The van der Waals surface area contributed by atoms with Gasteiger partial charge in [0.2, 0.25) is 5.56 Å². The number of carbonyl (C=O) groups excluding carboxylic acids is 2. The van der Waals surface area contributed by atoms with Crippen molar-refractivity contribution in [1.82, 2.24) is 20.5 Å². The number of methoxy groups -OCH3 is 1. The third-order valence-corrected chi connectivity index (χ3v) is 9.65. The molecule has 49 heavy (non-hydrogen) atoms. The number of ether oxygens (including phenoxy) is 1.